The smallest absolute Gasteiger partial charge is 0.373 e. The molecule has 6 nitrogen and oxygen atoms in total. The minimum atomic E-state index is -0.622. The zero-order valence-electron chi connectivity index (χ0n) is 11.3. The van der Waals surface area contributed by atoms with Gasteiger partial charge in [0.25, 0.3) is 5.69 Å². The van der Waals surface area contributed by atoms with Crippen molar-refractivity contribution in [2.75, 3.05) is 7.11 Å². The molecule has 0 aliphatic heterocycles. The Hall–Kier alpha value is -2.63. The molecule has 0 atom stereocenters. The van der Waals surface area contributed by atoms with Gasteiger partial charge in [0.15, 0.2) is 0 Å². The summed E-state index contributed by atoms with van der Waals surface area (Å²) in [6, 6.07) is 6.11. The molecule has 0 saturated heterocycles. The van der Waals surface area contributed by atoms with E-state index in [1.54, 1.807) is 13.0 Å². The van der Waals surface area contributed by atoms with Gasteiger partial charge in [-0.2, -0.15) is 0 Å². The number of hydrogen-bond acceptors (Lipinski definition) is 5. The maximum Gasteiger partial charge on any atom is 0.373 e. The Kier molecular flexibility index (Phi) is 3.56. The number of nitro groups is 1. The first-order valence-electron chi connectivity index (χ1n) is 5.88. The number of nitro benzene ring substituents is 1. The van der Waals surface area contributed by atoms with Crippen LogP contribution >= 0.6 is 0 Å². The Balaban J connectivity index is 2.57. The highest BCUT2D eigenvalue weighted by Crippen LogP contribution is 2.33. The lowest BCUT2D eigenvalue weighted by Crippen LogP contribution is -1.98. The minimum Gasteiger partial charge on any atom is -0.463 e. The Labute approximate surface area is 115 Å². The first-order chi connectivity index (χ1) is 9.43. The lowest BCUT2D eigenvalue weighted by molar-refractivity contribution is -0.384. The average Bonchev–Trinajstić information content (AvgIpc) is 2.89. The molecule has 1 aromatic carbocycles. The average molecular weight is 275 g/mol. The molecule has 0 N–H and O–H groups in total. The van der Waals surface area contributed by atoms with E-state index in [0.717, 1.165) is 11.1 Å². The number of carbonyl (C=O) groups is 1. The quantitative estimate of drug-likeness (QED) is 0.487. The molecule has 1 aromatic heterocycles. The molecule has 2 rings (SSSR count). The summed E-state index contributed by atoms with van der Waals surface area (Å²) in [6.07, 6.45) is 0. The standard InChI is InChI=1S/C14H13NO5/c1-8-6-10(11(15(17)18)7-9(8)2)12-4-5-13(20-12)14(16)19-3/h4-7H,1-3H3. The van der Waals surface area contributed by atoms with E-state index >= 15 is 0 Å². The van der Waals surface area contributed by atoms with Gasteiger partial charge in [-0.3, -0.25) is 10.1 Å². The van der Waals surface area contributed by atoms with Gasteiger partial charge in [0.2, 0.25) is 5.76 Å². The second kappa shape index (κ2) is 5.16. The SMILES string of the molecule is COC(=O)c1ccc(-c2cc(C)c(C)cc2[N+](=O)[O-])o1. The number of hydrogen-bond donors (Lipinski definition) is 0. The summed E-state index contributed by atoms with van der Waals surface area (Å²) in [7, 11) is 1.24. The zero-order valence-corrected chi connectivity index (χ0v) is 11.3. The van der Waals surface area contributed by atoms with Gasteiger partial charge in [-0.1, -0.05) is 0 Å². The number of furan rings is 1. The van der Waals surface area contributed by atoms with Crippen LogP contribution in [0.1, 0.15) is 21.7 Å². The van der Waals surface area contributed by atoms with Crippen molar-refractivity contribution in [1.82, 2.24) is 0 Å². The molecule has 0 saturated carbocycles. The van der Waals surface area contributed by atoms with Crippen LogP contribution in [0.5, 0.6) is 0 Å². The monoisotopic (exact) mass is 275 g/mol. The van der Waals surface area contributed by atoms with Crippen LogP contribution in [-0.4, -0.2) is 18.0 Å². The van der Waals surface area contributed by atoms with Crippen molar-refractivity contribution in [3.8, 4) is 11.3 Å². The van der Waals surface area contributed by atoms with Crippen molar-refractivity contribution in [3.63, 3.8) is 0 Å². The summed E-state index contributed by atoms with van der Waals surface area (Å²) in [6.45, 7) is 3.65. The summed E-state index contributed by atoms with van der Waals surface area (Å²) in [5.41, 5.74) is 2.01. The summed E-state index contributed by atoms with van der Waals surface area (Å²) >= 11 is 0. The van der Waals surface area contributed by atoms with Gasteiger partial charge in [-0.25, -0.2) is 4.79 Å². The van der Waals surface area contributed by atoms with E-state index in [9.17, 15) is 14.9 Å². The third-order valence-electron chi connectivity index (χ3n) is 3.07. The van der Waals surface area contributed by atoms with E-state index in [1.165, 1.54) is 25.3 Å². The number of nitrogens with zero attached hydrogens (tertiary/aromatic N) is 1. The van der Waals surface area contributed by atoms with Gasteiger partial charge in [-0.15, -0.1) is 0 Å². The van der Waals surface area contributed by atoms with E-state index in [2.05, 4.69) is 4.74 Å². The predicted octanol–water partition coefficient (Wildman–Crippen LogP) is 3.26. The Morgan fingerprint density at radius 3 is 2.50 bits per heavy atom. The third kappa shape index (κ3) is 2.40. The molecule has 0 bridgehead atoms. The van der Waals surface area contributed by atoms with Crippen molar-refractivity contribution < 1.29 is 18.9 Å². The molecular formula is C14H13NO5. The number of rotatable bonds is 3. The number of carbonyl (C=O) groups excluding carboxylic acids is 1. The summed E-state index contributed by atoms with van der Waals surface area (Å²) in [5.74, 6) is -0.349. The predicted molar refractivity (Wildman–Crippen MR) is 71.6 cm³/mol. The molecule has 0 spiro atoms. The molecule has 0 aliphatic carbocycles. The number of ether oxygens (including phenoxy) is 1. The van der Waals surface area contributed by atoms with E-state index in [1.807, 2.05) is 6.92 Å². The number of aryl methyl sites for hydroxylation is 2. The van der Waals surface area contributed by atoms with Gasteiger partial charge < -0.3 is 9.15 Å². The second-order valence-electron chi connectivity index (χ2n) is 4.37. The fourth-order valence-corrected chi connectivity index (χ4v) is 1.84. The zero-order chi connectivity index (χ0) is 14.9. The minimum absolute atomic E-state index is 0.00928. The molecule has 20 heavy (non-hydrogen) atoms. The molecule has 6 heteroatoms. The molecule has 0 aliphatic rings. The van der Waals surface area contributed by atoms with E-state index in [0.29, 0.717) is 5.56 Å². The highest BCUT2D eigenvalue weighted by atomic mass is 16.6. The van der Waals surface area contributed by atoms with Gasteiger partial charge >= 0.3 is 5.97 Å². The fraction of sp³-hybridized carbons (Fsp3) is 0.214. The normalized spacial score (nSPS) is 10.3. The van der Waals surface area contributed by atoms with Crippen LogP contribution in [0.25, 0.3) is 11.3 Å². The first kappa shape index (κ1) is 13.8. The van der Waals surface area contributed by atoms with Crippen molar-refractivity contribution in [2.45, 2.75) is 13.8 Å². The Morgan fingerprint density at radius 1 is 1.25 bits per heavy atom. The van der Waals surface area contributed by atoms with Crippen LogP contribution in [-0.2, 0) is 4.74 Å². The van der Waals surface area contributed by atoms with Gasteiger partial charge in [0, 0.05) is 6.07 Å². The fourth-order valence-electron chi connectivity index (χ4n) is 1.84. The van der Waals surface area contributed by atoms with E-state index in [4.69, 9.17) is 4.42 Å². The Morgan fingerprint density at radius 2 is 1.90 bits per heavy atom. The molecule has 104 valence electrons. The van der Waals surface area contributed by atoms with E-state index in [-0.39, 0.29) is 17.2 Å². The van der Waals surface area contributed by atoms with Crippen LogP contribution in [0, 0.1) is 24.0 Å². The molecule has 1 heterocycles. The third-order valence-corrected chi connectivity index (χ3v) is 3.07. The van der Waals surface area contributed by atoms with Crippen molar-refractivity contribution in [2.24, 2.45) is 0 Å². The molecule has 0 fully saturated rings. The highest BCUT2D eigenvalue weighted by molar-refractivity contribution is 5.87. The van der Waals surface area contributed by atoms with Crippen LogP contribution in [0.3, 0.4) is 0 Å². The largest absolute Gasteiger partial charge is 0.463 e. The lowest BCUT2D eigenvalue weighted by atomic mass is 10.0. The van der Waals surface area contributed by atoms with E-state index < -0.39 is 10.9 Å². The van der Waals surface area contributed by atoms with Gasteiger partial charge in [0.05, 0.1) is 17.6 Å². The van der Waals surface area contributed by atoms with Crippen LogP contribution < -0.4 is 0 Å². The molecular weight excluding hydrogens is 262 g/mol. The van der Waals surface area contributed by atoms with Crippen LogP contribution in [0.2, 0.25) is 0 Å². The summed E-state index contributed by atoms with van der Waals surface area (Å²) < 4.78 is 9.87. The number of benzene rings is 1. The topological polar surface area (TPSA) is 82.6 Å². The van der Waals surface area contributed by atoms with Gasteiger partial charge in [-0.05, 0) is 43.2 Å². The summed E-state index contributed by atoms with van der Waals surface area (Å²) in [4.78, 5) is 22.0. The lowest BCUT2D eigenvalue weighted by Gasteiger charge is -2.04. The van der Waals surface area contributed by atoms with Crippen molar-refractivity contribution in [1.29, 1.82) is 0 Å². The molecule has 2 aromatic rings. The second-order valence-corrected chi connectivity index (χ2v) is 4.37. The highest BCUT2D eigenvalue weighted by Gasteiger charge is 2.21. The molecule has 0 amide bonds. The van der Waals surface area contributed by atoms with Crippen molar-refractivity contribution in [3.05, 3.63) is 51.3 Å². The van der Waals surface area contributed by atoms with Crippen LogP contribution in [0.15, 0.2) is 28.7 Å². The maximum absolute atomic E-state index is 11.3. The Bertz CT molecular complexity index is 687. The number of methoxy groups -OCH3 is 1. The van der Waals surface area contributed by atoms with Crippen molar-refractivity contribution >= 4 is 11.7 Å². The molecule has 0 radical (unpaired) electrons. The first-order valence-corrected chi connectivity index (χ1v) is 5.88. The molecule has 0 unspecified atom stereocenters. The summed E-state index contributed by atoms with van der Waals surface area (Å²) in [5, 5.41) is 11.1. The number of esters is 1. The van der Waals surface area contributed by atoms with Crippen LogP contribution in [0.4, 0.5) is 5.69 Å². The maximum atomic E-state index is 11.3. The van der Waals surface area contributed by atoms with Gasteiger partial charge in [0.1, 0.15) is 5.76 Å².